The molecule has 0 bridgehead atoms. The summed E-state index contributed by atoms with van der Waals surface area (Å²) in [5.74, 6) is 2.08. The van der Waals surface area contributed by atoms with Crippen molar-refractivity contribution < 1.29 is 14.2 Å². The summed E-state index contributed by atoms with van der Waals surface area (Å²) in [5.41, 5.74) is 0. The van der Waals surface area contributed by atoms with Crippen LogP contribution < -0.4 is 19.5 Å². The Morgan fingerprint density at radius 2 is 1.76 bits per heavy atom. The maximum atomic E-state index is 5.71. The number of methoxy groups -OCH3 is 2. The monoisotopic (exact) mass is 239 g/mol. The first kappa shape index (κ1) is 13.6. The highest BCUT2D eigenvalue weighted by Crippen LogP contribution is 2.36. The van der Waals surface area contributed by atoms with E-state index in [0.29, 0.717) is 23.9 Å². The predicted octanol–water partition coefficient (Wildman–Crippen LogP) is 2.08. The Bertz CT molecular complexity index is 306. The van der Waals surface area contributed by atoms with Crippen molar-refractivity contribution in [1.29, 1.82) is 0 Å². The lowest BCUT2D eigenvalue weighted by Crippen LogP contribution is -2.16. The van der Waals surface area contributed by atoms with E-state index in [2.05, 4.69) is 12.2 Å². The Balaban J connectivity index is 2.55. The molecule has 0 saturated heterocycles. The lowest BCUT2D eigenvalue weighted by atomic mass is 10.3. The zero-order valence-electron chi connectivity index (χ0n) is 10.8. The van der Waals surface area contributed by atoms with Crippen LogP contribution in [0.5, 0.6) is 17.2 Å². The Morgan fingerprint density at radius 3 is 2.29 bits per heavy atom. The first-order valence-corrected chi connectivity index (χ1v) is 5.88. The second-order valence-electron chi connectivity index (χ2n) is 3.55. The molecule has 0 saturated carbocycles. The van der Waals surface area contributed by atoms with E-state index in [4.69, 9.17) is 14.2 Å². The van der Waals surface area contributed by atoms with E-state index in [0.717, 1.165) is 19.5 Å². The first-order valence-electron chi connectivity index (χ1n) is 5.88. The van der Waals surface area contributed by atoms with Gasteiger partial charge in [0.2, 0.25) is 5.75 Å². The molecular formula is C13H21NO3. The van der Waals surface area contributed by atoms with E-state index < -0.39 is 0 Å². The molecule has 0 fully saturated rings. The minimum atomic E-state index is 0.643. The van der Waals surface area contributed by atoms with Crippen LogP contribution >= 0.6 is 0 Å². The number of hydrogen-bond donors (Lipinski definition) is 1. The van der Waals surface area contributed by atoms with Gasteiger partial charge in [-0.25, -0.2) is 0 Å². The van der Waals surface area contributed by atoms with E-state index in [1.165, 1.54) is 0 Å². The lowest BCUT2D eigenvalue weighted by molar-refractivity contribution is 0.270. The average Bonchev–Trinajstić information content (AvgIpc) is 2.38. The van der Waals surface area contributed by atoms with Crippen molar-refractivity contribution in [3.05, 3.63) is 18.2 Å². The number of ether oxygens (including phenoxy) is 3. The van der Waals surface area contributed by atoms with Gasteiger partial charge in [0, 0.05) is 0 Å². The van der Waals surface area contributed by atoms with Crippen LogP contribution in [0.1, 0.15) is 13.3 Å². The van der Waals surface area contributed by atoms with Crippen LogP contribution in [0.15, 0.2) is 18.2 Å². The van der Waals surface area contributed by atoms with Crippen molar-refractivity contribution in [1.82, 2.24) is 5.32 Å². The number of benzene rings is 1. The fourth-order valence-electron chi connectivity index (χ4n) is 1.51. The number of para-hydroxylation sites is 1. The highest BCUT2D eigenvalue weighted by atomic mass is 16.5. The minimum Gasteiger partial charge on any atom is -0.493 e. The molecule has 17 heavy (non-hydrogen) atoms. The molecule has 96 valence electrons. The minimum absolute atomic E-state index is 0.643. The zero-order chi connectivity index (χ0) is 12.5. The third-order valence-corrected chi connectivity index (χ3v) is 2.38. The Hall–Kier alpha value is -1.42. The van der Waals surface area contributed by atoms with E-state index in [1.807, 2.05) is 18.2 Å². The van der Waals surface area contributed by atoms with Gasteiger partial charge in [-0.1, -0.05) is 13.0 Å². The van der Waals surface area contributed by atoms with Crippen molar-refractivity contribution >= 4 is 0 Å². The molecule has 0 radical (unpaired) electrons. The molecule has 0 atom stereocenters. The molecule has 4 nitrogen and oxygen atoms in total. The van der Waals surface area contributed by atoms with E-state index in [9.17, 15) is 0 Å². The molecule has 1 aromatic carbocycles. The molecule has 0 amide bonds. The molecule has 0 aliphatic heterocycles. The fraction of sp³-hybridized carbons (Fsp3) is 0.538. The van der Waals surface area contributed by atoms with Gasteiger partial charge in [-0.2, -0.15) is 0 Å². The summed E-state index contributed by atoms with van der Waals surface area (Å²) in [6, 6.07) is 5.60. The molecule has 1 N–H and O–H groups in total. The van der Waals surface area contributed by atoms with E-state index in [1.54, 1.807) is 14.2 Å². The van der Waals surface area contributed by atoms with Crippen LogP contribution in [-0.4, -0.2) is 33.9 Å². The van der Waals surface area contributed by atoms with Gasteiger partial charge in [0.15, 0.2) is 11.5 Å². The normalized spacial score (nSPS) is 10.1. The molecule has 0 aliphatic carbocycles. The van der Waals surface area contributed by atoms with Gasteiger partial charge >= 0.3 is 0 Å². The molecule has 0 unspecified atom stereocenters. The van der Waals surface area contributed by atoms with E-state index in [-0.39, 0.29) is 0 Å². The summed E-state index contributed by atoms with van der Waals surface area (Å²) in [6.45, 7) is 4.67. The van der Waals surface area contributed by atoms with Crippen molar-refractivity contribution in [3.8, 4) is 17.2 Å². The number of hydrogen-bond acceptors (Lipinski definition) is 4. The second-order valence-corrected chi connectivity index (χ2v) is 3.55. The van der Waals surface area contributed by atoms with Gasteiger partial charge < -0.3 is 19.5 Å². The van der Waals surface area contributed by atoms with Gasteiger partial charge in [-0.3, -0.25) is 0 Å². The quantitative estimate of drug-likeness (QED) is 0.705. The average molecular weight is 239 g/mol. The smallest absolute Gasteiger partial charge is 0.203 e. The Morgan fingerprint density at radius 1 is 1.12 bits per heavy atom. The summed E-state index contributed by atoms with van der Waals surface area (Å²) in [5, 5.41) is 3.25. The zero-order valence-corrected chi connectivity index (χ0v) is 10.8. The largest absolute Gasteiger partial charge is 0.493 e. The summed E-state index contributed by atoms with van der Waals surface area (Å²) in [6.07, 6.45) is 0.953. The van der Waals surface area contributed by atoms with Crippen LogP contribution in [0.25, 0.3) is 0 Å². The Kier molecular flexibility index (Phi) is 6.25. The maximum absolute atomic E-state index is 5.71. The second kappa shape index (κ2) is 7.79. The molecule has 0 heterocycles. The summed E-state index contributed by atoms with van der Waals surface area (Å²) in [4.78, 5) is 0. The molecule has 1 aromatic rings. The van der Waals surface area contributed by atoms with Crippen LogP contribution in [0.3, 0.4) is 0 Å². The topological polar surface area (TPSA) is 39.7 Å². The van der Waals surface area contributed by atoms with Gasteiger partial charge in [0.25, 0.3) is 0 Å². The van der Waals surface area contributed by atoms with Crippen molar-refractivity contribution in [2.75, 3.05) is 33.9 Å². The van der Waals surface area contributed by atoms with Gasteiger partial charge in [-0.15, -0.1) is 0 Å². The van der Waals surface area contributed by atoms with Crippen LogP contribution in [0, 0.1) is 0 Å². The first-order chi connectivity index (χ1) is 8.33. The van der Waals surface area contributed by atoms with Gasteiger partial charge in [-0.05, 0) is 31.6 Å². The van der Waals surface area contributed by atoms with Crippen LogP contribution in [-0.2, 0) is 0 Å². The van der Waals surface area contributed by atoms with Crippen LogP contribution in [0.4, 0.5) is 0 Å². The molecule has 4 heteroatoms. The van der Waals surface area contributed by atoms with E-state index >= 15 is 0 Å². The third kappa shape index (κ3) is 4.15. The fourth-order valence-corrected chi connectivity index (χ4v) is 1.51. The predicted molar refractivity (Wildman–Crippen MR) is 68.2 cm³/mol. The van der Waals surface area contributed by atoms with Crippen molar-refractivity contribution in [2.45, 2.75) is 13.3 Å². The Labute approximate surface area is 103 Å². The number of nitrogens with one attached hydrogen (secondary N) is 1. The lowest BCUT2D eigenvalue weighted by Gasteiger charge is -2.13. The van der Waals surface area contributed by atoms with Gasteiger partial charge in [0.1, 0.15) is 0 Å². The molecule has 1 rings (SSSR count). The number of rotatable bonds is 8. The standard InChI is InChI=1S/C13H21NO3/c1-4-14-9-6-10-17-13-11(15-2)7-5-8-12(13)16-3/h5,7-8,14H,4,6,9-10H2,1-3H3. The van der Waals surface area contributed by atoms with Crippen molar-refractivity contribution in [3.63, 3.8) is 0 Å². The molecule has 0 aliphatic rings. The van der Waals surface area contributed by atoms with Gasteiger partial charge in [0.05, 0.1) is 20.8 Å². The molecule has 0 spiro atoms. The molecule has 0 aromatic heterocycles. The SMILES string of the molecule is CCNCCCOc1c(OC)cccc1OC. The highest BCUT2D eigenvalue weighted by molar-refractivity contribution is 5.51. The van der Waals surface area contributed by atoms with Crippen molar-refractivity contribution in [2.24, 2.45) is 0 Å². The van der Waals surface area contributed by atoms with Crippen LogP contribution in [0.2, 0.25) is 0 Å². The summed E-state index contributed by atoms with van der Waals surface area (Å²) in [7, 11) is 3.25. The third-order valence-electron chi connectivity index (χ3n) is 2.38. The highest BCUT2D eigenvalue weighted by Gasteiger charge is 2.10. The maximum Gasteiger partial charge on any atom is 0.203 e. The summed E-state index contributed by atoms with van der Waals surface area (Å²) >= 11 is 0. The summed E-state index contributed by atoms with van der Waals surface area (Å²) < 4.78 is 16.2. The molecular weight excluding hydrogens is 218 g/mol.